The zero-order valence-corrected chi connectivity index (χ0v) is 20.9. The molecule has 2 N–H and O–H groups in total. The van der Waals surface area contributed by atoms with Gasteiger partial charge in [0.05, 0.1) is 17.6 Å². The number of fused-ring (bicyclic) bond motifs is 1. The van der Waals surface area contributed by atoms with Crippen LogP contribution in [0.15, 0.2) is 23.0 Å². The Labute approximate surface area is 216 Å². The van der Waals surface area contributed by atoms with Crippen molar-refractivity contribution in [2.24, 2.45) is 13.0 Å². The van der Waals surface area contributed by atoms with Gasteiger partial charge in [-0.1, -0.05) is 11.8 Å². The van der Waals surface area contributed by atoms with Crippen molar-refractivity contribution in [2.45, 2.75) is 56.7 Å². The molecule has 2 aromatic rings. The van der Waals surface area contributed by atoms with Gasteiger partial charge in [0.2, 0.25) is 11.8 Å². The highest BCUT2D eigenvalue weighted by atomic mass is 16.5. The fraction of sp³-hybridized carbons (Fsp3) is 0.538. The van der Waals surface area contributed by atoms with Gasteiger partial charge in [0.15, 0.2) is 7.98 Å². The molecule has 3 aliphatic rings. The molecular weight excluding hydrogens is 473 g/mol. The molecule has 3 fully saturated rings. The SMILES string of the molecule is [B]N[C@H]1CC[C@H](C(=O)N2CCC(C#Cc3ccc4c(c3)n(C)c(=O)n4C3CCC(=O)NC3=O)CC2)OC1. The second-order valence-corrected chi connectivity index (χ2v) is 10.0. The van der Waals surface area contributed by atoms with E-state index in [2.05, 4.69) is 22.4 Å². The van der Waals surface area contributed by atoms with Crippen LogP contribution in [0.4, 0.5) is 0 Å². The minimum atomic E-state index is -0.712. The average Bonchev–Trinajstić information content (AvgIpc) is 3.16. The third-order valence-corrected chi connectivity index (χ3v) is 7.63. The number of ether oxygens (including phenoxy) is 1. The van der Waals surface area contributed by atoms with Crippen molar-refractivity contribution >= 4 is 36.7 Å². The third kappa shape index (κ3) is 5.09. The number of hydrogen-bond acceptors (Lipinski definition) is 6. The summed E-state index contributed by atoms with van der Waals surface area (Å²) < 4.78 is 8.68. The van der Waals surface area contributed by atoms with E-state index in [1.165, 1.54) is 9.13 Å². The van der Waals surface area contributed by atoms with Gasteiger partial charge >= 0.3 is 5.69 Å². The topological polar surface area (TPSA) is 115 Å². The number of nitrogens with one attached hydrogen (secondary N) is 2. The number of nitrogens with zero attached hydrogens (tertiary/aromatic N) is 3. The van der Waals surface area contributed by atoms with Crippen LogP contribution < -0.4 is 16.2 Å². The van der Waals surface area contributed by atoms with Crippen LogP contribution in [0.3, 0.4) is 0 Å². The van der Waals surface area contributed by atoms with Crippen LogP contribution in [0.25, 0.3) is 11.0 Å². The Bertz CT molecular complexity index is 1340. The number of rotatable bonds is 3. The summed E-state index contributed by atoms with van der Waals surface area (Å²) in [6, 6.07) is 4.90. The van der Waals surface area contributed by atoms with Gasteiger partial charge in [-0.2, -0.15) is 0 Å². The summed E-state index contributed by atoms with van der Waals surface area (Å²) in [5, 5.41) is 5.02. The van der Waals surface area contributed by atoms with E-state index in [0.717, 1.165) is 24.8 Å². The van der Waals surface area contributed by atoms with Crippen LogP contribution in [0.2, 0.25) is 0 Å². The largest absolute Gasteiger partial charge is 0.367 e. The Hall–Kier alpha value is -3.36. The van der Waals surface area contributed by atoms with Gasteiger partial charge in [-0.25, -0.2) is 4.79 Å². The fourth-order valence-corrected chi connectivity index (χ4v) is 5.38. The number of likely N-dealkylation sites (tertiary alicyclic amines) is 1. The molecule has 3 aliphatic heterocycles. The smallest absolute Gasteiger partial charge is 0.329 e. The molecule has 10 nitrogen and oxygen atoms in total. The first-order valence-corrected chi connectivity index (χ1v) is 12.8. The predicted octanol–water partition coefficient (Wildman–Crippen LogP) is 0.129. The molecule has 3 saturated heterocycles. The minimum absolute atomic E-state index is 0.0498. The van der Waals surface area contributed by atoms with Crippen molar-refractivity contribution in [1.82, 2.24) is 24.6 Å². The molecule has 2 radical (unpaired) electrons. The molecule has 0 bridgehead atoms. The van der Waals surface area contributed by atoms with Crippen LogP contribution in [-0.4, -0.2) is 71.6 Å². The quantitative estimate of drug-likeness (QED) is 0.350. The Morgan fingerprint density at radius 2 is 1.89 bits per heavy atom. The monoisotopic (exact) mass is 503 g/mol. The van der Waals surface area contributed by atoms with Gasteiger partial charge in [0.1, 0.15) is 12.1 Å². The van der Waals surface area contributed by atoms with E-state index in [1.807, 2.05) is 17.0 Å². The summed E-state index contributed by atoms with van der Waals surface area (Å²) in [5.41, 5.74) is 1.79. The van der Waals surface area contributed by atoms with Crippen molar-refractivity contribution < 1.29 is 19.1 Å². The third-order valence-electron chi connectivity index (χ3n) is 7.63. The molecule has 0 spiro atoms. The van der Waals surface area contributed by atoms with E-state index < -0.39 is 18.1 Å². The molecule has 11 heteroatoms. The van der Waals surface area contributed by atoms with Crippen LogP contribution in [0, 0.1) is 17.8 Å². The highest BCUT2D eigenvalue weighted by molar-refractivity contribution is 6.04. The normalized spacial score (nSPS) is 25.0. The number of aromatic nitrogens is 2. The van der Waals surface area contributed by atoms with E-state index in [0.29, 0.717) is 43.6 Å². The maximum atomic E-state index is 12.9. The molecule has 1 aromatic carbocycles. The number of imide groups is 1. The van der Waals surface area contributed by atoms with Gasteiger partial charge in [-0.15, -0.1) is 0 Å². The molecule has 1 unspecified atom stereocenters. The first kappa shape index (κ1) is 25.3. The molecular formula is C26H30BN5O5. The summed E-state index contributed by atoms with van der Waals surface area (Å²) in [5.74, 6) is 6.02. The zero-order chi connectivity index (χ0) is 26.1. The number of amides is 3. The summed E-state index contributed by atoms with van der Waals surface area (Å²) in [4.78, 5) is 51.5. The number of imidazole rings is 1. The Kier molecular flexibility index (Phi) is 7.22. The lowest BCUT2D eigenvalue weighted by atomic mass is 9.95. The maximum Gasteiger partial charge on any atom is 0.329 e. The summed E-state index contributed by atoms with van der Waals surface area (Å²) in [7, 11) is 7.12. The van der Waals surface area contributed by atoms with Crippen LogP contribution in [-0.2, 0) is 26.2 Å². The van der Waals surface area contributed by atoms with E-state index >= 15 is 0 Å². The molecule has 37 heavy (non-hydrogen) atoms. The lowest BCUT2D eigenvalue weighted by Gasteiger charge is -2.35. The van der Waals surface area contributed by atoms with Crippen molar-refractivity contribution in [3.05, 3.63) is 34.2 Å². The summed E-state index contributed by atoms with van der Waals surface area (Å²) in [6.07, 6.45) is 3.19. The summed E-state index contributed by atoms with van der Waals surface area (Å²) in [6.45, 7) is 1.75. The lowest BCUT2D eigenvalue weighted by molar-refractivity contribution is -0.148. The van der Waals surface area contributed by atoms with E-state index in [9.17, 15) is 19.2 Å². The van der Waals surface area contributed by atoms with E-state index in [4.69, 9.17) is 12.7 Å². The maximum absolute atomic E-state index is 12.9. The van der Waals surface area contributed by atoms with Gasteiger partial charge in [0, 0.05) is 44.1 Å². The lowest BCUT2D eigenvalue weighted by Crippen LogP contribution is -2.48. The van der Waals surface area contributed by atoms with Gasteiger partial charge < -0.3 is 14.9 Å². The van der Waals surface area contributed by atoms with E-state index in [1.54, 1.807) is 13.1 Å². The van der Waals surface area contributed by atoms with Crippen molar-refractivity contribution in [2.75, 3.05) is 19.7 Å². The molecule has 1 aromatic heterocycles. The van der Waals surface area contributed by atoms with Crippen LogP contribution in [0.5, 0.6) is 0 Å². The number of aryl methyl sites for hydroxylation is 1. The van der Waals surface area contributed by atoms with Crippen molar-refractivity contribution in [3.63, 3.8) is 0 Å². The summed E-state index contributed by atoms with van der Waals surface area (Å²) >= 11 is 0. The molecule has 0 saturated carbocycles. The number of carbonyl (C=O) groups is 3. The van der Waals surface area contributed by atoms with E-state index in [-0.39, 0.29) is 35.9 Å². The molecule has 192 valence electrons. The fourth-order valence-electron chi connectivity index (χ4n) is 5.38. The first-order valence-electron chi connectivity index (χ1n) is 12.8. The van der Waals surface area contributed by atoms with Gasteiger partial charge in [0.25, 0.3) is 5.91 Å². The Balaban J connectivity index is 1.24. The number of carbonyl (C=O) groups excluding carboxylic acids is 3. The standard InChI is InChI=1S/C26H30BN5O5/c1-30-21-14-17(4-6-19(21)32(26(30)36)20-7-9-23(33)28-24(20)34)3-2-16-10-12-31(13-11-16)25(35)22-8-5-18(29-27)15-37-22/h4,6,14,16,18,20,22,29H,5,7-13,15H2,1H3,(H,28,33,34)/t18-,20?,22+/m0/s1. The predicted molar refractivity (Wildman–Crippen MR) is 136 cm³/mol. The van der Waals surface area contributed by atoms with Crippen LogP contribution in [0.1, 0.15) is 50.1 Å². The van der Waals surface area contributed by atoms with Gasteiger partial charge in [-0.05, 0) is 50.3 Å². The van der Waals surface area contributed by atoms with Crippen molar-refractivity contribution in [3.8, 4) is 11.8 Å². The number of piperidine rings is 2. The minimum Gasteiger partial charge on any atom is -0.367 e. The molecule has 5 rings (SSSR count). The van der Waals surface area contributed by atoms with Crippen LogP contribution >= 0.6 is 0 Å². The zero-order valence-electron chi connectivity index (χ0n) is 20.9. The average molecular weight is 503 g/mol. The number of benzene rings is 1. The molecule has 0 aliphatic carbocycles. The number of hydrogen-bond donors (Lipinski definition) is 2. The van der Waals surface area contributed by atoms with Crippen molar-refractivity contribution in [1.29, 1.82) is 0 Å². The Morgan fingerprint density at radius 1 is 1.11 bits per heavy atom. The molecule has 3 amide bonds. The highest BCUT2D eigenvalue weighted by Gasteiger charge is 2.32. The second kappa shape index (κ2) is 10.6. The highest BCUT2D eigenvalue weighted by Crippen LogP contribution is 2.24. The molecule has 4 heterocycles. The molecule has 3 atom stereocenters. The van der Waals surface area contributed by atoms with Gasteiger partial charge in [-0.3, -0.25) is 28.8 Å². The first-order chi connectivity index (χ1) is 17.9. The second-order valence-electron chi connectivity index (χ2n) is 10.0. The Morgan fingerprint density at radius 3 is 2.57 bits per heavy atom.